The number of halogens is 1. The molecule has 0 spiro atoms. The molecule has 0 heterocycles. The van der Waals surface area contributed by atoms with E-state index in [-0.39, 0.29) is 12.3 Å². The second-order valence-corrected chi connectivity index (χ2v) is 5.11. The van der Waals surface area contributed by atoms with Gasteiger partial charge in [0.25, 0.3) is 0 Å². The van der Waals surface area contributed by atoms with Gasteiger partial charge in [0.05, 0.1) is 6.04 Å². The smallest absolute Gasteiger partial charge is 0.172 e. The van der Waals surface area contributed by atoms with E-state index < -0.39 is 0 Å². The van der Waals surface area contributed by atoms with Crippen LogP contribution in [0.2, 0.25) is 5.02 Å². The van der Waals surface area contributed by atoms with E-state index in [1.807, 2.05) is 26.0 Å². The summed E-state index contributed by atoms with van der Waals surface area (Å²) in [5, 5.41) is 4.28. The predicted octanol–water partition coefficient (Wildman–Crippen LogP) is 3.65. The maximum atomic E-state index is 5.93. The second kappa shape index (κ2) is 10.2. The van der Waals surface area contributed by atoms with E-state index >= 15 is 0 Å². The summed E-state index contributed by atoms with van der Waals surface area (Å²) in [6.07, 6.45) is 1.73. The molecule has 0 aromatic heterocycles. The molecule has 3 nitrogen and oxygen atoms in total. The molecule has 1 aromatic carbocycles. The van der Waals surface area contributed by atoms with Crippen molar-refractivity contribution >= 4 is 11.6 Å². The van der Waals surface area contributed by atoms with Gasteiger partial charge in [-0.25, -0.2) is 0 Å². The number of hydrogen-bond donors (Lipinski definition) is 1. The van der Waals surface area contributed by atoms with Crippen LogP contribution in [0.4, 0.5) is 0 Å². The third-order valence-electron chi connectivity index (χ3n) is 3.02. The first-order valence-corrected chi connectivity index (χ1v) is 7.80. The Balaban J connectivity index is 2.72. The van der Waals surface area contributed by atoms with Crippen LogP contribution in [0.15, 0.2) is 24.3 Å². The Bertz CT molecular complexity index is 350. The normalized spacial score (nSPS) is 12.8. The van der Waals surface area contributed by atoms with Crippen molar-refractivity contribution in [3.8, 4) is 0 Å². The van der Waals surface area contributed by atoms with Crippen LogP contribution in [-0.4, -0.2) is 32.1 Å². The summed E-state index contributed by atoms with van der Waals surface area (Å²) in [7, 11) is 0. The molecule has 0 aliphatic carbocycles. The van der Waals surface area contributed by atoms with Crippen molar-refractivity contribution in [2.75, 3.05) is 19.8 Å². The lowest BCUT2D eigenvalue weighted by Gasteiger charge is -2.28. The van der Waals surface area contributed by atoms with Gasteiger partial charge in [0.15, 0.2) is 6.29 Å². The summed E-state index contributed by atoms with van der Waals surface area (Å²) in [5.74, 6) is 0. The highest BCUT2D eigenvalue weighted by molar-refractivity contribution is 6.30. The first-order valence-electron chi connectivity index (χ1n) is 7.42. The highest BCUT2D eigenvalue weighted by Crippen LogP contribution is 2.14. The summed E-state index contributed by atoms with van der Waals surface area (Å²) in [4.78, 5) is 0. The van der Waals surface area contributed by atoms with Crippen LogP contribution >= 0.6 is 11.6 Å². The average molecular weight is 300 g/mol. The minimum Gasteiger partial charge on any atom is -0.351 e. The highest BCUT2D eigenvalue weighted by atomic mass is 35.5. The molecule has 0 saturated heterocycles. The van der Waals surface area contributed by atoms with Crippen LogP contribution in [0, 0.1) is 0 Å². The number of ether oxygens (including phenoxy) is 2. The molecular weight excluding hydrogens is 274 g/mol. The van der Waals surface area contributed by atoms with Crippen molar-refractivity contribution in [3.05, 3.63) is 34.9 Å². The third-order valence-corrected chi connectivity index (χ3v) is 3.27. The van der Waals surface area contributed by atoms with Gasteiger partial charge in [0, 0.05) is 18.2 Å². The lowest BCUT2D eigenvalue weighted by Crippen LogP contribution is -2.45. The molecule has 0 aliphatic heterocycles. The van der Waals surface area contributed by atoms with Crippen LogP contribution in [-0.2, 0) is 15.9 Å². The summed E-state index contributed by atoms with van der Waals surface area (Å²) >= 11 is 5.93. The van der Waals surface area contributed by atoms with Crippen molar-refractivity contribution in [3.63, 3.8) is 0 Å². The highest BCUT2D eigenvalue weighted by Gasteiger charge is 2.22. The topological polar surface area (TPSA) is 30.5 Å². The molecule has 0 fully saturated rings. The molecule has 0 radical (unpaired) electrons. The van der Waals surface area contributed by atoms with Crippen molar-refractivity contribution in [1.82, 2.24) is 5.32 Å². The summed E-state index contributed by atoms with van der Waals surface area (Å²) in [6, 6.07) is 8.10. The zero-order valence-corrected chi connectivity index (χ0v) is 13.5. The Labute approximate surface area is 127 Å². The Morgan fingerprint density at radius 3 is 2.15 bits per heavy atom. The van der Waals surface area contributed by atoms with E-state index in [0.717, 1.165) is 24.4 Å². The minimum absolute atomic E-state index is 0.149. The number of benzene rings is 1. The minimum atomic E-state index is -0.216. The number of hydrogen-bond acceptors (Lipinski definition) is 3. The van der Waals surface area contributed by atoms with Crippen LogP contribution in [0.3, 0.4) is 0 Å². The van der Waals surface area contributed by atoms with Gasteiger partial charge < -0.3 is 14.8 Å². The van der Waals surface area contributed by atoms with Crippen molar-refractivity contribution in [2.45, 2.75) is 45.9 Å². The number of nitrogens with one attached hydrogen (secondary N) is 1. The molecule has 0 bridgehead atoms. The zero-order valence-electron chi connectivity index (χ0n) is 12.7. The first kappa shape index (κ1) is 17.4. The molecule has 0 saturated carbocycles. The predicted molar refractivity (Wildman–Crippen MR) is 84.3 cm³/mol. The quantitative estimate of drug-likeness (QED) is 0.669. The molecule has 4 heteroatoms. The molecule has 114 valence electrons. The van der Waals surface area contributed by atoms with E-state index in [2.05, 4.69) is 24.4 Å². The Morgan fingerprint density at radius 2 is 1.65 bits per heavy atom. The van der Waals surface area contributed by atoms with Crippen LogP contribution < -0.4 is 5.32 Å². The summed E-state index contributed by atoms with van der Waals surface area (Å²) < 4.78 is 11.5. The molecule has 0 amide bonds. The third kappa shape index (κ3) is 6.23. The monoisotopic (exact) mass is 299 g/mol. The SMILES string of the molecule is CCCNC(Cc1ccc(Cl)cc1)C(OCC)OCC. The molecular formula is C16H26ClNO2. The molecule has 1 unspecified atom stereocenters. The zero-order chi connectivity index (χ0) is 14.8. The van der Waals surface area contributed by atoms with E-state index in [1.165, 1.54) is 5.56 Å². The lowest BCUT2D eigenvalue weighted by molar-refractivity contribution is -0.153. The van der Waals surface area contributed by atoms with Gasteiger partial charge >= 0.3 is 0 Å². The van der Waals surface area contributed by atoms with Crippen molar-refractivity contribution < 1.29 is 9.47 Å². The molecule has 1 N–H and O–H groups in total. The fourth-order valence-corrected chi connectivity index (χ4v) is 2.20. The first-order chi connectivity index (χ1) is 9.71. The fraction of sp³-hybridized carbons (Fsp3) is 0.625. The Kier molecular flexibility index (Phi) is 8.86. The average Bonchev–Trinajstić information content (AvgIpc) is 2.45. The molecule has 0 aliphatic rings. The second-order valence-electron chi connectivity index (χ2n) is 4.67. The van der Waals surface area contributed by atoms with Crippen LogP contribution in [0.5, 0.6) is 0 Å². The van der Waals surface area contributed by atoms with E-state index in [0.29, 0.717) is 13.2 Å². The van der Waals surface area contributed by atoms with Crippen molar-refractivity contribution in [2.24, 2.45) is 0 Å². The summed E-state index contributed by atoms with van der Waals surface area (Å²) in [5.41, 5.74) is 1.23. The van der Waals surface area contributed by atoms with E-state index in [4.69, 9.17) is 21.1 Å². The standard InChI is InChI=1S/C16H26ClNO2/c1-4-11-18-15(16(19-5-2)20-6-3)12-13-7-9-14(17)10-8-13/h7-10,15-16,18H,4-6,11-12H2,1-3H3. The van der Waals surface area contributed by atoms with Crippen LogP contribution in [0.25, 0.3) is 0 Å². The lowest BCUT2D eigenvalue weighted by atomic mass is 10.1. The molecule has 1 atom stereocenters. The van der Waals surface area contributed by atoms with Crippen molar-refractivity contribution in [1.29, 1.82) is 0 Å². The van der Waals surface area contributed by atoms with Gasteiger partial charge in [-0.15, -0.1) is 0 Å². The van der Waals surface area contributed by atoms with Gasteiger partial charge in [-0.3, -0.25) is 0 Å². The van der Waals surface area contributed by atoms with Gasteiger partial charge in [-0.2, -0.15) is 0 Å². The van der Waals surface area contributed by atoms with Gasteiger partial charge in [-0.1, -0.05) is 30.7 Å². The molecule has 20 heavy (non-hydrogen) atoms. The fourth-order valence-electron chi connectivity index (χ4n) is 2.08. The Hall–Kier alpha value is -0.610. The maximum Gasteiger partial charge on any atom is 0.172 e. The molecule has 1 rings (SSSR count). The van der Waals surface area contributed by atoms with E-state index in [1.54, 1.807) is 0 Å². The van der Waals surface area contributed by atoms with Gasteiger partial charge in [0.1, 0.15) is 0 Å². The van der Waals surface area contributed by atoms with Crippen LogP contribution in [0.1, 0.15) is 32.8 Å². The van der Waals surface area contributed by atoms with Gasteiger partial charge in [0.2, 0.25) is 0 Å². The van der Waals surface area contributed by atoms with Gasteiger partial charge in [-0.05, 0) is 50.9 Å². The van der Waals surface area contributed by atoms with E-state index in [9.17, 15) is 0 Å². The molecule has 1 aromatic rings. The summed E-state index contributed by atoms with van der Waals surface area (Å²) in [6.45, 7) is 8.39. The maximum absolute atomic E-state index is 5.93. The largest absolute Gasteiger partial charge is 0.351 e. The Morgan fingerprint density at radius 1 is 1.05 bits per heavy atom. The number of rotatable bonds is 10.